The molecule has 19 heavy (non-hydrogen) atoms. The van der Waals surface area contributed by atoms with E-state index in [9.17, 15) is 9.18 Å². The molecule has 0 aromatic heterocycles. The molecule has 0 radical (unpaired) electrons. The summed E-state index contributed by atoms with van der Waals surface area (Å²) in [5.74, 6) is 0.272. The molecule has 1 aromatic rings. The second-order valence-electron chi connectivity index (χ2n) is 5.41. The topological polar surface area (TPSA) is 41.1 Å². The molecule has 2 N–H and O–H groups in total. The Bertz CT molecular complexity index is 436. The minimum absolute atomic E-state index is 0.121. The zero-order valence-corrected chi connectivity index (χ0v) is 11.3. The summed E-state index contributed by atoms with van der Waals surface area (Å²) < 4.78 is 13.0. The van der Waals surface area contributed by atoms with Crippen LogP contribution in [0.15, 0.2) is 24.3 Å². The largest absolute Gasteiger partial charge is 0.325 e. The summed E-state index contributed by atoms with van der Waals surface area (Å²) in [4.78, 5) is 11.8. The molecule has 1 aromatic carbocycles. The van der Waals surface area contributed by atoms with E-state index in [0.29, 0.717) is 11.7 Å². The van der Waals surface area contributed by atoms with Gasteiger partial charge in [0.15, 0.2) is 0 Å². The normalized spacial score (nSPS) is 23.1. The van der Waals surface area contributed by atoms with Gasteiger partial charge in [0.1, 0.15) is 5.82 Å². The van der Waals surface area contributed by atoms with Crippen LogP contribution in [-0.4, -0.2) is 18.5 Å². The van der Waals surface area contributed by atoms with E-state index in [0.717, 1.165) is 18.8 Å². The van der Waals surface area contributed by atoms with Crippen molar-refractivity contribution >= 4 is 11.6 Å². The predicted molar refractivity (Wildman–Crippen MR) is 74.5 cm³/mol. The van der Waals surface area contributed by atoms with Crippen LogP contribution in [0.2, 0.25) is 0 Å². The molecule has 3 nitrogen and oxygen atoms in total. The quantitative estimate of drug-likeness (QED) is 0.878. The highest BCUT2D eigenvalue weighted by Gasteiger charge is 2.18. The van der Waals surface area contributed by atoms with Gasteiger partial charge in [0.25, 0.3) is 0 Å². The number of carbonyl (C=O) groups excluding carboxylic acids is 1. The summed E-state index contributed by atoms with van der Waals surface area (Å²) in [6.07, 6.45) is 4.78. The lowest BCUT2D eigenvalue weighted by Gasteiger charge is -2.27. The van der Waals surface area contributed by atoms with E-state index in [1.807, 2.05) is 0 Å². The fraction of sp³-hybridized carbons (Fsp3) is 0.533. The third kappa shape index (κ3) is 4.63. The average molecular weight is 264 g/mol. The molecule has 0 aliphatic heterocycles. The molecule has 2 atom stereocenters. The number of amides is 1. The Morgan fingerprint density at radius 2 is 2.26 bits per heavy atom. The fourth-order valence-electron chi connectivity index (χ4n) is 2.63. The van der Waals surface area contributed by atoms with Crippen molar-refractivity contribution in [1.82, 2.24) is 5.32 Å². The molecule has 1 amide bonds. The van der Waals surface area contributed by atoms with E-state index in [1.165, 1.54) is 25.0 Å². The third-order valence-corrected chi connectivity index (χ3v) is 3.60. The minimum atomic E-state index is -0.341. The van der Waals surface area contributed by atoms with E-state index in [2.05, 4.69) is 17.6 Å². The number of halogens is 1. The molecule has 2 rings (SSSR count). The summed E-state index contributed by atoms with van der Waals surface area (Å²) in [6, 6.07) is 6.38. The molecule has 0 saturated heterocycles. The molecule has 2 unspecified atom stereocenters. The number of hydrogen-bond donors (Lipinski definition) is 2. The first-order valence-corrected chi connectivity index (χ1v) is 6.92. The zero-order chi connectivity index (χ0) is 13.7. The smallest absolute Gasteiger partial charge is 0.238 e. The SMILES string of the molecule is CC1CCCC(NCC(=O)Nc2cccc(F)c2)C1. The van der Waals surface area contributed by atoms with Crippen LogP contribution in [0, 0.1) is 11.7 Å². The second-order valence-corrected chi connectivity index (χ2v) is 5.41. The molecular formula is C15H21FN2O. The van der Waals surface area contributed by atoms with Gasteiger partial charge >= 0.3 is 0 Å². The number of carbonyl (C=O) groups is 1. The molecular weight excluding hydrogens is 243 g/mol. The Labute approximate surface area is 113 Å². The van der Waals surface area contributed by atoms with Gasteiger partial charge in [-0.1, -0.05) is 25.8 Å². The van der Waals surface area contributed by atoms with Crippen LogP contribution < -0.4 is 10.6 Å². The number of benzene rings is 1. The predicted octanol–water partition coefficient (Wildman–Crippen LogP) is 2.93. The highest BCUT2D eigenvalue weighted by molar-refractivity contribution is 5.92. The Morgan fingerprint density at radius 3 is 3.00 bits per heavy atom. The summed E-state index contributed by atoms with van der Waals surface area (Å²) in [5.41, 5.74) is 0.504. The molecule has 0 heterocycles. The Balaban J connectivity index is 1.75. The van der Waals surface area contributed by atoms with Crippen LogP contribution in [0.25, 0.3) is 0 Å². The highest BCUT2D eigenvalue weighted by Crippen LogP contribution is 2.23. The van der Waals surface area contributed by atoms with Crippen molar-refractivity contribution in [1.29, 1.82) is 0 Å². The maximum atomic E-state index is 13.0. The maximum Gasteiger partial charge on any atom is 0.238 e. The van der Waals surface area contributed by atoms with Crippen molar-refractivity contribution in [2.75, 3.05) is 11.9 Å². The van der Waals surface area contributed by atoms with Crippen LogP contribution >= 0.6 is 0 Å². The van der Waals surface area contributed by atoms with Gasteiger partial charge in [-0.25, -0.2) is 4.39 Å². The van der Waals surface area contributed by atoms with Crippen LogP contribution in [0.3, 0.4) is 0 Å². The maximum absolute atomic E-state index is 13.0. The lowest BCUT2D eigenvalue weighted by atomic mass is 9.87. The van der Waals surface area contributed by atoms with Crippen LogP contribution in [0.4, 0.5) is 10.1 Å². The van der Waals surface area contributed by atoms with Crippen molar-refractivity contribution in [2.45, 2.75) is 38.6 Å². The molecule has 104 valence electrons. The Morgan fingerprint density at radius 1 is 1.42 bits per heavy atom. The molecule has 0 bridgehead atoms. The zero-order valence-electron chi connectivity index (χ0n) is 11.3. The number of nitrogens with one attached hydrogen (secondary N) is 2. The Kier molecular flexibility index (Phi) is 4.91. The minimum Gasteiger partial charge on any atom is -0.325 e. The summed E-state index contributed by atoms with van der Waals surface area (Å²) in [7, 11) is 0. The number of rotatable bonds is 4. The number of anilines is 1. The summed E-state index contributed by atoms with van der Waals surface area (Å²) >= 11 is 0. The van der Waals surface area contributed by atoms with Crippen molar-refractivity contribution < 1.29 is 9.18 Å². The van der Waals surface area contributed by atoms with Gasteiger partial charge in [0.05, 0.1) is 6.54 Å². The van der Waals surface area contributed by atoms with Gasteiger partial charge < -0.3 is 10.6 Å². The van der Waals surface area contributed by atoms with Crippen LogP contribution in [-0.2, 0) is 4.79 Å². The molecule has 1 saturated carbocycles. The lowest BCUT2D eigenvalue weighted by Crippen LogP contribution is -2.38. The molecule has 4 heteroatoms. The molecule has 1 aliphatic rings. The van der Waals surface area contributed by atoms with Crippen molar-refractivity contribution in [3.8, 4) is 0 Å². The average Bonchev–Trinajstić information content (AvgIpc) is 2.36. The Hall–Kier alpha value is -1.42. The second kappa shape index (κ2) is 6.66. The first-order chi connectivity index (χ1) is 9.13. The van der Waals surface area contributed by atoms with E-state index < -0.39 is 0 Å². The molecule has 1 aliphatic carbocycles. The monoisotopic (exact) mass is 264 g/mol. The first kappa shape index (κ1) is 14.0. The fourth-order valence-corrected chi connectivity index (χ4v) is 2.63. The van der Waals surface area contributed by atoms with Gasteiger partial charge in [-0.15, -0.1) is 0 Å². The third-order valence-electron chi connectivity index (χ3n) is 3.60. The number of hydrogen-bond acceptors (Lipinski definition) is 2. The van der Waals surface area contributed by atoms with Crippen molar-refractivity contribution in [2.24, 2.45) is 5.92 Å². The van der Waals surface area contributed by atoms with E-state index in [-0.39, 0.29) is 18.3 Å². The molecule has 1 fully saturated rings. The molecule has 0 spiro atoms. The van der Waals surface area contributed by atoms with Gasteiger partial charge in [0.2, 0.25) is 5.91 Å². The lowest BCUT2D eigenvalue weighted by molar-refractivity contribution is -0.115. The highest BCUT2D eigenvalue weighted by atomic mass is 19.1. The summed E-state index contributed by atoms with van der Waals surface area (Å²) in [5, 5.41) is 5.97. The van der Waals surface area contributed by atoms with Gasteiger partial charge in [-0.05, 0) is 37.0 Å². The van der Waals surface area contributed by atoms with Crippen LogP contribution in [0.1, 0.15) is 32.6 Å². The van der Waals surface area contributed by atoms with E-state index in [4.69, 9.17) is 0 Å². The van der Waals surface area contributed by atoms with Gasteiger partial charge in [-0.2, -0.15) is 0 Å². The standard InChI is InChI=1S/C15H21FN2O/c1-11-4-2-6-13(8-11)17-10-15(19)18-14-7-3-5-12(16)9-14/h3,5,7,9,11,13,17H,2,4,6,8,10H2,1H3,(H,18,19). The van der Waals surface area contributed by atoms with E-state index >= 15 is 0 Å². The van der Waals surface area contributed by atoms with Gasteiger partial charge in [0, 0.05) is 11.7 Å². The van der Waals surface area contributed by atoms with Crippen molar-refractivity contribution in [3.63, 3.8) is 0 Å². The van der Waals surface area contributed by atoms with E-state index in [1.54, 1.807) is 12.1 Å². The first-order valence-electron chi connectivity index (χ1n) is 6.92. The van der Waals surface area contributed by atoms with Gasteiger partial charge in [-0.3, -0.25) is 4.79 Å². The van der Waals surface area contributed by atoms with Crippen LogP contribution in [0.5, 0.6) is 0 Å². The van der Waals surface area contributed by atoms with Crippen molar-refractivity contribution in [3.05, 3.63) is 30.1 Å². The summed E-state index contributed by atoms with van der Waals surface area (Å²) in [6.45, 7) is 2.54.